The molecule has 6 fully saturated rings. The van der Waals surface area contributed by atoms with E-state index in [0.717, 1.165) is 0 Å². The number of phenolic OH excluding ortho intramolecular Hbond substituents is 3. The largest absolute Gasteiger partial charge is 0.507 e. The van der Waals surface area contributed by atoms with Crippen LogP contribution in [0, 0.1) is 0 Å². The summed E-state index contributed by atoms with van der Waals surface area (Å²) in [5, 5.41) is 81.1. The lowest BCUT2D eigenvalue weighted by molar-refractivity contribution is -0.330. The van der Waals surface area contributed by atoms with Crippen molar-refractivity contribution in [1.29, 1.82) is 0 Å². The summed E-state index contributed by atoms with van der Waals surface area (Å²) in [5.41, 5.74) is -3.72. The Kier molecular flexibility index (Phi) is 19.0. The van der Waals surface area contributed by atoms with Crippen molar-refractivity contribution in [2.24, 2.45) is 0 Å². The van der Waals surface area contributed by atoms with Crippen molar-refractivity contribution in [3.8, 4) is 17.2 Å². The quantitative estimate of drug-likeness (QED) is 0.101. The van der Waals surface area contributed by atoms with Crippen LogP contribution in [0.2, 0.25) is 0 Å². The molecule has 8 aliphatic rings. The van der Waals surface area contributed by atoms with E-state index in [4.69, 9.17) is 56.8 Å². The molecule has 0 saturated carbocycles. The third-order valence-electron chi connectivity index (χ3n) is 18.6. The third kappa shape index (κ3) is 12.5. The highest BCUT2D eigenvalue weighted by Crippen LogP contribution is 2.58. The summed E-state index contributed by atoms with van der Waals surface area (Å²) >= 11 is 0. The van der Waals surface area contributed by atoms with Crippen LogP contribution in [0.4, 0.5) is 0 Å². The molecular formula is C60H88N2O21. The van der Waals surface area contributed by atoms with Crippen LogP contribution in [0.3, 0.4) is 0 Å². The molecule has 6 aliphatic heterocycles. The number of ketones is 2. The number of likely N-dealkylation sites (N-methyl/N-ethyl adjacent to an activating group) is 2. The summed E-state index contributed by atoms with van der Waals surface area (Å²) in [7, 11) is 7.57. The first kappa shape index (κ1) is 62.5. The van der Waals surface area contributed by atoms with Gasteiger partial charge in [-0.25, -0.2) is 0 Å². The lowest BCUT2D eigenvalue weighted by Crippen LogP contribution is -2.58. The van der Waals surface area contributed by atoms with Gasteiger partial charge in [0.15, 0.2) is 43.5 Å². The minimum Gasteiger partial charge on any atom is -0.507 e. The van der Waals surface area contributed by atoms with Crippen LogP contribution in [0.25, 0.3) is 0 Å². The summed E-state index contributed by atoms with van der Waals surface area (Å²) in [4.78, 5) is 33.0. The molecule has 6 saturated heterocycles. The second-order valence-electron chi connectivity index (χ2n) is 24.7. The summed E-state index contributed by atoms with van der Waals surface area (Å²) in [5.74, 6) is -3.62. The number of hydrogen-bond acceptors (Lipinski definition) is 23. The average Bonchev–Trinajstić information content (AvgIpc) is 0.798. The molecule has 24 atom stereocenters. The normalized spacial score (nSPS) is 42.3. The van der Waals surface area contributed by atoms with Crippen molar-refractivity contribution in [3.63, 3.8) is 0 Å². The van der Waals surface area contributed by atoms with Crippen LogP contribution in [0.15, 0.2) is 18.2 Å². The van der Waals surface area contributed by atoms with E-state index in [1.165, 1.54) is 18.2 Å². The van der Waals surface area contributed by atoms with Crippen molar-refractivity contribution < 1.29 is 102 Å². The standard InChI is InChI=1S/C60H88N2O21/c1-12-60(71)25-40(79-44-22-33(61(8)9)57(30(6)75-44)82-46-24-38(66)58(31(7)77-46)81-42-20-17-36(64)27(3)73-42)48-51(55(70)49-50(54(48)69)53(68)47-32(52(49)67)14-13-15-37(47)65)59(60)83-45-23-34(62(10)11)56(29(5)76-45)80-43-21-18-39(28(4)74-43)78-41-19-16-35(63)26(2)72-41/h13-15,26-31,33-36,38-46,56-59,63-66,69-71H,12,16-25H2,1-11H3/t26-,27-,28-,29-,30-,31-,33-,34-,35-,36-,38-,39-,40-,41-,42-,43-,44-,45-,46-,56+,57+,58+,59+,60+/m0/s1. The van der Waals surface area contributed by atoms with Gasteiger partial charge in [-0.05, 0) is 101 Å². The SMILES string of the molecule is CC[C@@]1(O)C[C@H](O[C@H]2C[C@H](N(C)C)[C@H](O[C@H]3C[C@H](O)[C@H](O[C@H]4CC[C@H](O)[C@H](C)O4)[C@H](C)O3)[C@H](C)O2)c2c(O)c3c(c(O)c2[C@H]1O[C@H]1C[C@H](N(C)C)[C@H](O[C@H]2CC[C@H](O[C@H]4CC[C@H](O)[C@H](C)O4)[C@H](C)O2)[C@H](C)O1)C(=O)c1cccc(O)c1C3=O. The minimum atomic E-state index is -1.88. The van der Waals surface area contributed by atoms with Crippen LogP contribution < -0.4 is 0 Å². The topological polar surface area (TPSA) is 293 Å². The van der Waals surface area contributed by atoms with Crippen molar-refractivity contribution in [1.82, 2.24) is 9.80 Å². The molecule has 23 nitrogen and oxygen atoms in total. The molecule has 10 rings (SSSR count). The fourth-order valence-corrected chi connectivity index (χ4v) is 13.7. The van der Waals surface area contributed by atoms with Crippen molar-refractivity contribution in [2.75, 3.05) is 28.2 Å². The second kappa shape index (κ2) is 25.3. The zero-order chi connectivity index (χ0) is 59.7. The number of carbonyl (C=O) groups is 2. The number of rotatable bonds is 15. The zero-order valence-corrected chi connectivity index (χ0v) is 49.5. The van der Waals surface area contributed by atoms with Gasteiger partial charge in [0.25, 0.3) is 0 Å². The molecular weight excluding hydrogens is 1080 g/mol. The van der Waals surface area contributed by atoms with Gasteiger partial charge in [-0.1, -0.05) is 19.1 Å². The fourth-order valence-electron chi connectivity index (χ4n) is 13.7. The molecule has 0 bridgehead atoms. The van der Waals surface area contributed by atoms with Gasteiger partial charge in [0.1, 0.15) is 41.7 Å². The van der Waals surface area contributed by atoms with E-state index in [2.05, 4.69) is 0 Å². The van der Waals surface area contributed by atoms with Gasteiger partial charge in [-0.2, -0.15) is 0 Å². The molecule has 2 aliphatic carbocycles. The first-order valence-corrected chi connectivity index (χ1v) is 29.8. The number of carbonyl (C=O) groups excluding carboxylic acids is 2. The molecule has 6 heterocycles. The van der Waals surface area contributed by atoms with Gasteiger partial charge >= 0.3 is 0 Å². The van der Waals surface area contributed by atoms with E-state index in [1.807, 2.05) is 65.7 Å². The van der Waals surface area contributed by atoms with E-state index in [9.17, 15) is 45.3 Å². The van der Waals surface area contributed by atoms with Crippen LogP contribution in [0.1, 0.15) is 174 Å². The van der Waals surface area contributed by atoms with Gasteiger partial charge < -0.3 is 102 Å². The first-order valence-electron chi connectivity index (χ1n) is 29.8. The van der Waals surface area contributed by atoms with Crippen LogP contribution in [-0.2, 0) is 56.8 Å². The second-order valence-corrected chi connectivity index (χ2v) is 24.7. The predicted molar refractivity (Wildman–Crippen MR) is 292 cm³/mol. The number of benzene rings is 2. The summed E-state index contributed by atoms with van der Waals surface area (Å²) in [6.45, 7) is 12.7. The fraction of sp³-hybridized carbons (Fsp3) is 0.767. The number of fused-ring (bicyclic) bond motifs is 3. The number of aliphatic hydroxyl groups is 4. The highest BCUT2D eigenvalue weighted by atomic mass is 16.8. The van der Waals surface area contributed by atoms with Gasteiger partial charge in [-0.15, -0.1) is 0 Å². The Morgan fingerprint density at radius 1 is 0.518 bits per heavy atom. The van der Waals surface area contributed by atoms with Crippen molar-refractivity contribution >= 4 is 11.6 Å². The Morgan fingerprint density at radius 2 is 0.988 bits per heavy atom. The van der Waals surface area contributed by atoms with Crippen LogP contribution >= 0.6 is 0 Å². The Hall–Kier alpha value is -3.54. The highest BCUT2D eigenvalue weighted by molar-refractivity contribution is 6.31. The molecule has 0 aromatic heterocycles. The number of phenols is 3. The van der Waals surface area contributed by atoms with E-state index >= 15 is 0 Å². The molecule has 2 aromatic rings. The maximum Gasteiger partial charge on any atom is 0.202 e. The van der Waals surface area contributed by atoms with E-state index in [-0.39, 0.29) is 78.7 Å². The molecule has 464 valence electrons. The maximum atomic E-state index is 14.5. The monoisotopic (exact) mass is 1170 g/mol. The molecule has 0 amide bonds. The van der Waals surface area contributed by atoms with Crippen LogP contribution in [0.5, 0.6) is 17.2 Å². The van der Waals surface area contributed by atoms with E-state index < -0.39 is 163 Å². The Balaban J connectivity index is 0.890. The summed E-state index contributed by atoms with van der Waals surface area (Å²) in [6.07, 6.45) is -11.0. The Bertz CT molecular complexity index is 2610. The molecule has 83 heavy (non-hydrogen) atoms. The lowest BCUT2D eigenvalue weighted by Gasteiger charge is -2.50. The third-order valence-corrected chi connectivity index (χ3v) is 18.6. The molecule has 0 radical (unpaired) electrons. The molecule has 0 spiro atoms. The van der Waals surface area contributed by atoms with Crippen molar-refractivity contribution in [2.45, 2.75) is 266 Å². The van der Waals surface area contributed by atoms with Gasteiger partial charge in [-0.3, -0.25) is 9.59 Å². The van der Waals surface area contributed by atoms with Crippen molar-refractivity contribution in [3.05, 3.63) is 51.6 Å². The highest BCUT2D eigenvalue weighted by Gasteiger charge is 2.55. The number of hydrogen-bond donors (Lipinski definition) is 7. The smallest absolute Gasteiger partial charge is 0.202 e. The molecule has 23 heteroatoms. The Morgan fingerprint density at radius 3 is 1.53 bits per heavy atom. The first-order chi connectivity index (χ1) is 39.4. The number of nitrogens with zero attached hydrogens (tertiary/aromatic N) is 2. The number of aliphatic hydroxyl groups excluding tert-OH is 3. The maximum absolute atomic E-state index is 14.5. The zero-order valence-electron chi connectivity index (χ0n) is 49.5. The minimum absolute atomic E-state index is 0.0182. The van der Waals surface area contributed by atoms with Crippen LogP contribution in [-0.4, -0.2) is 220 Å². The predicted octanol–water partition coefficient (Wildman–Crippen LogP) is 4.70. The lowest BCUT2D eigenvalue weighted by atomic mass is 9.70. The molecule has 0 unspecified atom stereocenters. The summed E-state index contributed by atoms with van der Waals surface area (Å²) in [6, 6.07) is 3.28. The van der Waals surface area contributed by atoms with Gasteiger partial charge in [0.05, 0.1) is 89.4 Å². The average molecular weight is 1170 g/mol. The molecule has 2 aromatic carbocycles. The number of aromatic hydroxyl groups is 3. The Labute approximate surface area is 485 Å². The number of ether oxygens (including phenoxy) is 12. The van der Waals surface area contributed by atoms with E-state index in [0.29, 0.717) is 38.5 Å². The molecule has 7 N–H and O–H groups in total. The summed E-state index contributed by atoms with van der Waals surface area (Å²) < 4.78 is 77.3. The van der Waals surface area contributed by atoms with Gasteiger partial charge in [0.2, 0.25) is 5.78 Å². The van der Waals surface area contributed by atoms with E-state index in [1.54, 1.807) is 20.8 Å². The van der Waals surface area contributed by atoms with Gasteiger partial charge in [0, 0.05) is 73.7 Å².